The average Bonchev–Trinajstić information content (AvgIpc) is 2.24. The average molecular weight is 242 g/mol. The molecule has 0 aromatic carbocycles. The molecule has 0 spiro atoms. The predicted octanol–water partition coefficient (Wildman–Crippen LogP) is 1.78. The van der Waals surface area contributed by atoms with E-state index >= 15 is 0 Å². The van der Waals surface area contributed by atoms with Crippen LogP contribution in [-0.2, 0) is 4.79 Å². The second kappa shape index (κ2) is 5.38. The lowest BCUT2D eigenvalue weighted by Gasteiger charge is -2.39. The summed E-state index contributed by atoms with van der Waals surface area (Å²) in [4.78, 5) is 26.3. The fraction of sp³-hybridized carbons (Fsp3) is 0.833. The zero-order valence-electron chi connectivity index (χ0n) is 10.9. The molecule has 1 aliphatic rings. The molecular weight excluding hydrogens is 220 g/mol. The number of hydrogen-bond donors (Lipinski definition) is 1. The van der Waals surface area contributed by atoms with Crippen LogP contribution in [0.1, 0.15) is 40.0 Å². The molecule has 1 N–H and O–H groups in total. The van der Waals surface area contributed by atoms with Gasteiger partial charge in [0, 0.05) is 18.6 Å². The molecule has 1 heterocycles. The van der Waals surface area contributed by atoms with Gasteiger partial charge in [-0.1, -0.05) is 0 Å². The third-order valence-electron chi connectivity index (χ3n) is 2.96. The number of hydrogen-bond acceptors (Lipinski definition) is 2. The van der Waals surface area contributed by atoms with Crippen LogP contribution in [0.15, 0.2) is 0 Å². The van der Waals surface area contributed by atoms with Crippen molar-refractivity contribution >= 4 is 12.0 Å². The van der Waals surface area contributed by atoms with Crippen molar-refractivity contribution in [3.63, 3.8) is 0 Å². The van der Waals surface area contributed by atoms with E-state index in [2.05, 4.69) is 0 Å². The van der Waals surface area contributed by atoms with Crippen molar-refractivity contribution in [2.24, 2.45) is 0 Å². The SMILES string of the molecule is CC(C)(C)N(CC(=O)O)C(=O)N1CCCCC1. The number of likely N-dealkylation sites (tertiary alicyclic amines) is 1. The number of rotatable bonds is 2. The van der Waals surface area contributed by atoms with E-state index in [-0.39, 0.29) is 12.6 Å². The van der Waals surface area contributed by atoms with Gasteiger partial charge in [0.25, 0.3) is 0 Å². The lowest BCUT2D eigenvalue weighted by molar-refractivity contribution is -0.138. The standard InChI is InChI=1S/C12H22N2O3/c1-12(2,3)14(9-10(15)16)11(17)13-7-5-4-6-8-13/h4-9H2,1-3H3,(H,15,16). The minimum absolute atomic E-state index is 0.153. The quantitative estimate of drug-likeness (QED) is 0.803. The van der Waals surface area contributed by atoms with Crippen LogP contribution in [0.3, 0.4) is 0 Å². The molecule has 5 heteroatoms. The first-order valence-electron chi connectivity index (χ1n) is 6.10. The first-order valence-corrected chi connectivity index (χ1v) is 6.10. The van der Waals surface area contributed by atoms with Crippen LogP contribution in [0.2, 0.25) is 0 Å². The Balaban J connectivity index is 2.74. The highest BCUT2D eigenvalue weighted by atomic mass is 16.4. The first kappa shape index (κ1) is 13.8. The fourth-order valence-electron chi connectivity index (χ4n) is 1.98. The second-order valence-corrected chi connectivity index (χ2v) is 5.48. The van der Waals surface area contributed by atoms with Gasteiger partial charge < -0.3 is 14.9 Å². The monoisotopic (exact) mass is 242 g/mol. The molecule has 5 nitrogen and oxygen atoms in total. The van der Waals surface area contributed by atoms with Gasteiger partial charge in [0.2, 0.25) is 0 Å². The number of nitrogens with zero attached hydrogens (tertiary/aromatic N) is 2. The van der Waals surface area contributed by atoms with Gasteiger partial charge in [-0.15, -0.1) is 0 Å². The van der Waals surface area contributed by atoms with Gasteiger partial charge in [-0.3, -0.25) is 4.79 Å². The summed E-state index contributed by atoms with van der Waals surface area (Å²) in [6.45, 7) is 6.82. The Bertz CT molecular complexity index is 291. The van der Waals surface area contributed by atoms with E-state index in [0.717, 1.165) is 32.4 Å². The molecule has 1 aliphatic heterocycles. The maximum absolute atomic E-state index is 12.3. The Kier molecular flexibility index (Phi) is 4.37. The normalized spacial score (nSPS) is 16.8. The molecule has 0 aromatic heterocycles. The maximum atomic E-state index is 12.3. The second-order valence-electron chi connectivity index (χ2n) is 5.48. The third kappa shape index (κ3) is 3.91. The number of carboxylic acids is 1. The van der Waals surface area contributed by atoms with Crippen molar-refractivity contribution in [2.45, 2.75) is 45.6 Å². The van der Waals surface area contributed by atoms with E-state index < -0.39 is 11.5 Å². The topological polar surface area (TPSA) is 60.9 Å². The van der Waals surface area contributed by atoms with Crippen molar-refractivity contribution < 1.29 is 14.7 Å². The van der Waals surface area contributed by atoms with Crippen LogP contribution in [0, 0.1) is 0 Å². The van der Waals surface area contributed by atoms with E-state index in [1.54, 1.807) is 4.90 Å². The largest absolute Gasteiger partial charge is 0.480 e. The van der Waals surface area contributed by atoms with Crippen LogP contribution >= 0.6 is 0 Å². The Morgan fingerprint density at radius 2 is 1.71 bits per heavy atom. The Morgan fingerprint density at radius 3 is 2.12 bits per heavy atom. The van der Waals surface area contributed by atoms with Crippen molar-refractivity contribution in [2.75, 3.05) is 19.6 Å². The molecule has 1 fully saturated rings. The van der Waals surface area contributed by atoms with Crippen LogP contribution in [0.5, 0.6) is 0 Å². The summed E-state index contributed by atoms with van der Waals surface area (Å²) in [5.41, 5.74) is -0.465. The van der Waals surface area contributed by atoms with Gasteiger partial charge in [-0.25, -0.2) is 4.79 Å². The van der Waals surface area contributed by atoms with E-state index in [4.69, 9.17) is 5.11 Å². The highest BCUT2D eigenvalue weighted by molar-refractivity contribution is 5.81. The summed E-state index contributed by atoms with van der Waals surface area (Å²) in [5, 5.41) is 8.88. The summed E-state index contributed by atoms with van der Waals surface area (Å²) in [5.74, 6) is -0.967. The smallest absolute Gasteiger partial charge is 0.323 e. The molecule has 0 bridgehead atoms. The summed E-state index contributed by atoms with van der Waals surface area (Å²) in [6, 6.07) is -0.153. The van der Waals surface area contributed by atoms with Crippen LogP contribution in [0.4, 0.5) is 4.79 Å². The van der Waals surface area contributed by atoms with E-state index in [1.165, 1.54) is 4.90 Å². The summed E-state index contributed by atoms with van der Waals surface area (Å²) < 4.78 is 0. The minimum atomic E-state index is -0.967. The molecule has 0 atom stereocenters. The number of piperidine rings is 1. The Hall–Kier alpha value is -1.26. The van der Waals surface area contributed by atoms with Gasteiger partial charge in [-0.2, -0.15) is 0 Å². The van der Waals surface area contributed by atoms with Crippen LogP contribution in [0.25, 0.3) is 0 Å². The molecule has 0 saturated carbocycles. The highest BCUT2D eigenvalue weighted by Crippen LogP contribution is 2.18. The first-order chi connectivity index (χ1) is 7.82. The van der Waals surface area contributed by atoms with Gasteiger partial charge >= 0.3 is 12.0 Å². The van der Waals surface area contributed by atoms with Gasteiger partial charge in [-0.05, 0) is 40.0 Å². The summed E-state index contributed by atoms with van der Waals surface area (Å²) in [7, 11) is 0. The summed E-state index contributed by atoms with van der Waals surface area (Å²) in [6.07, 6.45) is 3.17. The molecule has 1 rings (SSSR count). The molecule has 0 aliphatic carbocycles. The third-order valence-corrected chi connectivity index (χ3v) is 2.96. The fourth-order valence-corrected chi connectivity index (χ4v) is 1.98. The van der Waals surface area contributed by atoms with Gasteiger partial charge in [0.15, 0.2) is 0 Å². The Labute approximate surface area is 102 Å². The number of carbonyl (C=O) groups is 2. The predicted molar refractivity (Wildman–Crippen MR) is 64.9 cm³/mol. The van der Waals surface area contributed by atoms with Crippen molar-refractivity contribution in [3.8, 4) is 0 Å². The summed E-state index contributed by atoms with van der Waals surface area (Å²) >= 11 is 0. The molecule has 0 radical (unpaired) electrons. The molecule has 1 saturated heterocycles. The highest BCUT2D eigenvalue weighted by Gasteiger charge is 2.32. The van der Waals surface area contributed by atoms with E-state index in [0.29, 0.717) is 0 Å². The van der Waals surface area contributed by atoms with Gasteiger partial charge in [0.1, 0.15) is 6.54 Å². The van der Waals surface area contributed by atoms with Crippen molar-refractivity contribution in [1.29, 1.82) is 0 Å². The van der Waals surface area contributed by atoms with E-state index in [1.807, 2.05) is 20.8 Å². The van der Waals surface area contributed by atoms with Crippen molar-refractivity contribution in [3.05, 3.63) is 0 Å². The molecule has 17 heavy (non-hydrogen) atoms. The maximum Gasteiger partial charge on any atom is 0.323 e. The zero-order valence-corrected chi connectivity index (χ0v) is 10.9. The van der Waals surface area contributed by atoms with Gasteiger partial charge in [0.05, 0.1) is 0 Å². The zero-order chi connectivity index (χ0) is 13.1. The lowest BCUT2D eigenvalue weighted by Crippen LogP contribution is -2.54. The number of urea groups is 1. The number of aliphatic carboxylic acids is 1. The van der Waals surface area contributed by atoms with E-state index in [9.17, 15) is 9.59 Å². The molecule has 0 aromatic rings. The number of carboxylic acid groups (broad SMARTS) is 1. The minimum Gasteiger partial charge on any atom is -0.480 e. The van der Waals surface area contributed by atoms with Crippen LogP contribution in [-0.4, -0.2) is 52.1 Å². The number of amides is 2. The molecule has 98 valence electrons. The van der Waals surface area contributed by atoms with Crippen LogP contribution < -0.4 is 0 Å². The molecule has 0 unspecified atom stereocenters. The molecule has 2 amide bonds. The Morgan fingerprint density at radius 1 is 1.18 bits per heavy atom. The lowest BCUT2D eigenvalue weighted by atomic mass is 10.1. The molecular formula is C12H22N2O3. The van der Waals surface area contributed by atoms with Crippen molar-refractivity contribution in [1.82, 2.24) is 9.80 Å². The number of carbonyl (C=O) groups excluding carboxylic acids is 1.